The third kappa shape index (κ3) is 4.44. The second-order valence-corrected chi connectivity index (χ2v) is 12.5. The quantitative estimate of drug-likeness (QED) is 0.190. The van der Waals surface area contributed by atoms with Gasteiger partial charge in [-0.25, -0.2) is 0 Å². The summed E-state index contributed by atoms with van der Waals surface area (Å²) >= 11 is 0. The molecule has 0 saturated carbocycles. The smallest absolute Gasteiger partial charge is 0.159 e. The summed E-state index contributed by atoms with van der Waals surface area (Å²) in [5, 5.41) is 6.64. The molecule has 0 fully saturated rings. The van der Waals surface area contributed by atoms with E-state index in [0.29, 0.717) is 0 Å². The van der Waals surface area contributed by atoms with Crippen LogP contribution in [0, 0.1) is 0 Å². The van der Waals surface area contributed by atoms with Gasteiger partial charge in [0.1, 0.15) is 16.7 Å². The van der Waals surface area contributed by atoms with Crippen LogP contribution in [0.5, 0.6) is 0 Å². The van der Waals surface area contributed by atoms with Crippen LogP contribution in [0.2, 0.25) is 0 Å². The van der Waals surface area contributed by atoms with Crippen molar-refractivity contribution in [3.63, 3.8) is 0 Å². The van der Waals surface area contributed by atoms with Crippen molar-refractivity contribution in [3.8, 4) is 22.3 Å². The molecular weight excluding hydrogens is 599 g/mol. The summed E-state index contributed by atoms with van der Waals surface area (Å²) in [4.78, 5) is 2.33. The van der Waals surface area contributed by atoms with E-state index in [0.717, 1.165) is 83.0 Å². The fourth-order valence-electron chi connectivity index (χ4n) is 7.33. The first-order valence-electron chi connectivity index (χ1n) is 16.6. The molecular formula is C46H29NO2. The summed E-state index contributed by atoms with van der Waals surface area (Å²) in [5.74, 6) is 0. The number of fused-ring (bicyclic) bond motifs is 7. The molecule has 230 valence electrons. The van der Waals surface area contributed by atoms with Gasteiger partial charge in [0.05, 0.1) is 16.8 Å². The average molecular weight is 628 g/mol. The molecule has 0 amide bonds. The number of para-hydroxylation sites is 2. The van der Waals surface area contributed by atoms with Gasteiger partial charge < -0.3 is 13.7 Å². The molecule has 3 nitrogen and oxygen atoms in total. The molecule has 0 bridgehead atoms. The van der Waals surface area contributed by atoms with Gasteiger partial charge in [-0.05, 0) is 76.0 Å². The van der Waals surface area contributed by atoms with Gasteiger partial charge in [-0.1, -0.05) is 127 Å². The topological polar surface area (TPSA) is 29.5 Å². The Hall–Kier alpha value is -6.58. The molecule has 2 heterocycles. The normalized spacial score (nSPS) is 11.7. The fraction of sp³-hybridized carbons (Fsp3) is 0. The van der Waals surface area contributed by atoms with Crippen LogP contribution in [0.25, 0.3) is 76.9 Å². The molecule has 0 saturated heterocycles. The Kier molecular flexibility index (Phi) is 6.18. The highest BCUT2D eigenvalue weighted by Crippen LogP contribution is 2.49. The minimum absolute atomic E-state index is 0.842. The largest absolute Gasteiger partial charge is 0.455 e. The van der Waals surface area contributed by atoms with E-state index < -0.39 is 0 Å². The van der Waals surface area contributed by atoms with Gasteiger partial charge in [-0.3, -0.25) is 0 Å². The molecule has 49 heavy (non-hydrogen) atoms. The van der Waals surface area contributed by atoms with Gasteiger partial charge in [-0.2, -0.15) is 0 Å². The first kappa shape index (κ1) is 27.5. The molecule has 10 rings (SSSR count). The second kappa shape index (κ2) is 11.0. The maximum Gasteiger partial charge on any atom is 0.159 e. The van der Waals surface area contributed by atoms with E-state index >= 15 is 0 Å². The summed E-state index contributed by atoms with van der Waals surface area (Å²) in [7, 11) is 0. The number of hydrogen-bond acceptors (Lipinski definition) is 3. The third-order valence-corrected chi connectivity index (χ3v) is 9.65. The number of nitrogens with zero attached hydrogens (tertiary/aromatic N) is 1. The van der Waals surface area contributed by atoms with Gasteiger partial charge in [-0.15, -0.1) is 0 Å². The van der Waals surface area contributed by atoms with Crippen molar-refractivity contribution in [3.05, 3.63) is 176 Å². The highest BCUT2D eigenvalue weighted by Gasteiger charge is 2.25. The lowest BCUT2D eigenvalue weighted by atomic mass is 9.98. The zero-order valence-electron chi connectivity index (χ0n) is 26.5. The van der Waals surface area contributed by atoms with Crippen LogP contribution in [0.3, 0.4) is 0 Å². The van der Waals surface area contributed by atoms with E-state index in [1.807, 2.05) is 12.1 Å². The Balaban J connectivity index is 1.30. The lowest BCUT2D eigenvalue weighted by Gasteiger charge is -2.27. The van der Waals surface area contributed by atoms with Crippen LogP contribution in [0.15, 0.2) is 185 Å². The average Bonchev–Trinajstić information content (AvgIpc) is 3.74. The van der Waals surface area contributed by atoms with Gasteiger partial charge in [0.2, 0.25) is 0 Å². The van der Waals surface area contributed by atoms with Crippen LogP contribution in [-0.2, 0) is 0 Å². The van der Waals surface area contributed by atoms with Crippen LogP contribution < -0.4 is 4.90 Å². The number of benzene rings is 8. The van der Waals surface area contributed by atoms with E-state index in [-0.39, 0.29) is 0 Å². The van der Waals surface area contributed by atoms with E-state index in [4.69, 9.17) is 8.83 Å². The molecule has 0 aliphatic heterocycles. The molecule has 2 aromatic heterocycles. The first-order chi connectivity index (χ1) is 24.3. The maximum atomic E-state index is 6.87. The summed E-state index contributed by atoms with van der Waals surface area (Å²) in [6.45, 7) is 0. The van der Waals surface area contributed by atoms with Crippen LogP contribution in [0.4, 0.5) is 17.1 Å². The summed E-state index contributed by atoms with van der Waals surface area (Å²) in [5.41, 5.74) is 10.9. The SMILES string of the molecule is c1ccc(-c2ccc(N(c3cccc4c3oc3ccccc34)c3ccc(-c4ccccc4)c4oc5cc6ccccc6cc5c34)cc2)cc1. The van der Waals surface area contributed by atoms with Gasteiger partial charge >= 0.3 is 0 Å². The number of rotatable bonds is 5. The molecule has 10 aromatic rings. The van der Waals surface area contributed by atoms with Crippen molar-refractivity contribution in [2.75, 3.05) is 4.90 Å². The Morgan fingerprint density at radius 3 is 1.80 bits per heavy atom. The summed E-state index contributed by atoms with van der Waals surface area (Å²) < 4.78 is 13.5. The zero-order valence-corrected chi connectivity index (χ0v) is 26.5. The van der Waals surface area contributed by atoms with Crippen molar-refractivity contribution in [2.24, 2.45) is 0 Å². The molecule has 0 spiro atoms. The Labute approximate surface area is 282 Å². The molecule has 0 atom stereocenters. The highest BCUT2D eigenvalue weighted by atomic mass is 16.3. The van der Waals surface area contributed by atoms with Crippen LogP contribution in [-0.4, -0.2) is 0 Å². The summed E-state index contributed by atoms with van der Waals surface area (Å²) in [6.07, 6.45) is 0. The minimum Gasteiger partial charge on any atom is -0.455 e. The van der Waals surface area contributed by atoms with E-state index in [9.17, 15) is 0 Å². The minimum atomic E-state index is 0.842. The Morgan fingerprint density at radius 1 is 0.367 bits per heavy atom. The Bertz CT molecular complexity index is 2810. The van der Waals surface area contributed by atoms with Gasteiger partial charge in [0, 0.05) is 27.4 Å². The number of hydrogen-bond donors (Lipinski definition) is 0. The molecule has 3 heteroatoms. The van der Waals surface area contributed by atoms with E-state index in [2.05, 4.69) is 169 Å². The predicted octanol–water partition coefficient (Wildman–Crippen LogP) is 13.4. The molecule has 8 aromatic carbocycles. The number of anilines is 3. The maximum absolute atomic E-state index is 6.87. The lowest BCUT2D eigenvalue weighted by Crippen LogP contribution is -2.10. The Morgan fingerprint density at radius 2 is 1.00 bits per heavy atom. The summed E-state index contributed by atoms with van der Waals surface area (Å²) in [6, 6.07) is 61.9. The fourth-order valence-corrected chi connectivity index (χ4v) is 7.33. The third-order valence-electron chi connectivity index (χ3n) is 9.65. The van der Waals surface area contributed by atoms with Crippen molar-refractivity contribution in [1.29, 1.82) is 0 Å². The molecule has 0 radical (unpaired) electrons. The van der Waals surface area contributed by atoms with Crippen molar-refractivity contribution >= 4 is 71.7 Å². The van der Waals surface area contributed by atoms with Crippen LogP contribution >= 0.6 is 0 Å². The lowest BCUT2D eigenvalue weighted by molar-refractivity contribution is 0.668. The standard InChI is InChI=1S/C46H29NO2/c1-3-12-30(13-4-1)31-22-24-35(25-23-31)47(41-20-11-19-38-37-18-9-10-21-42(37)48-45(38)41)40-27-26-36(32-14-5-2-6-15-32)46-44(40)39-28-33-16-7-8-17-34(33)29-43(39)49-46/h1-29H. The van der Waals surface area contributed by atoms with E-state index in [1.54, 1.807) is 0 Å². The predicted molar refractivity (Wildman–Crippen MR) is 204 cm³/mol. The van der Waals surface area contributed by atoms with Gasteiger partial charge in [0.15, 0.2) is 5.58 Å². The van der Waals surface area contributed by atoms with Crippen molar-refractivity contribution in [1.82, 2.24) is 0 Å². The zero-order chi connectivity index (χ0) is 32.3. The molecule has 0 aliphatic rings. The second-order valence-electron chi connectivity index (χ2n) is 12.5. The monoisotopic (exact) mass is 627 g/mol. The molecule has 0 N–H and O–H groups in total. The highest BCUT2D eigenvalue weighted by molar-refractivity contribution is 6.20. The molecule has 0 unspecified atom stereocenters. The molecule has 0 aliphatic carbocycles. The van der Waals surface area contributed by atoms with Gasteiger partial charge in [0.25, 0.3) is 0 Å². The van der Waals surface area contributed by atoms with Crippen molar-refractivity contribution in [2.45, 2.75) is 0 Å². The first-order valence-corrected chi connectivity index (χ1v) is 16.6. The van der Waals surface area contributed by atoms with E-state index in [1.165, 1.54) is 10.9 Å². The van der Waals surface area contributed by atoms with Crippen LogP contribution in [0.1, 0.15) is 0 Å². The van der Waals surface area contributed by atoms with Crippen molar-refractivity contribution < 1.29 is 8.83 Å². The number of furan rings is 2.